The van der Waals surface area contributed by atoms with Crippen molar-refractivity contribution in [1.29, 1.82) is 0 Å². The predicted octanol–water partition coefficient (Wildman–Crippen LogP) is 1.24. The van der Waals surface area contributed by atoms with Crippen LogP contribution in [0, 0.1) is 0 Å². The number of hydrogen-bond acceptors (Lipinski definition) is 4. The van der Waals surface area contributed by atoms with Crippen LogP contribution in [-0.2, 0) is 20.7 Å². The fourth-order valence-corrected chi connectivity index (χ4v) is 2.35. The van der Waals surface area contributed by atoms with Crippen LogP contribution in [0.4, 0.5) is 0 Å². The minimum Gasteiger partial charge on any atom is -0.478 e. The van der Waals surface area contributed by atoms with E-state index in [4.69, 9.17) is 14.6 Å². The van der Waals surface area contributed by atoms with Crippen LogP contribution in [0.25, 0.3) is 0 Å². The first-order valence-corrected chi connectivity index (χ1v) is 7.36. The molecular weight excluding hydrogens is 286 g/mol. The van der Waals surface area contributed by atoms with E-state index in [-0.39, 0.29) is 30.0 Å². The van der Waals surface area contributed by atoms with Gasteiger partial charge in [0.25, 0.3) is 0 Å². The molecular formula is C16H21NO5. The average Bonchev–Trinajstić information content (AvgIpc) is 2.98. The van der Waals surface area contributed by atoms with Crippen molar-refractivity contribution in [3.63, 3.8) is 0 Å². The summed E-state index contributed by atoms with van der Waals surface area (Å²) < 4.78 is 10.9. The Labute approximate surface area is 129 Å². The molecule has 1 heterocycles. The van der Waals surface area contributed by atoms with Crippen LogP contribution in [0.5, 0.6) is 0 Å². The lowest BCUT2D eigenvalue weighted by atomic mass is 10.0. The van der Waals surface area contributed by atoms with Crippen LogP contribution in [0.2, 0.25) is 0 Å². The molecule has 1 amide bonds. The molecule has 2 atom stereocenters. The zero-order valence-electron chi connectivity index (χ0n) is 12.6. The molecule has 0 aliphatic carbocycles. The summed E-state index contributed by atoms with van der Waals surface area (Å²) in [6.07, 6.45) is 1.03. The highest BCUT2D eigenvalue weighted by molar-refractivity contribution is 5.91. The molecule has 1 fully saturated rings. The zero-order valence-corrected chi connectivity index (χ0v) is 12.6. The number of carboxylic acids is 1. The van der Waals surface area contributed by atoms with E-state index in [1.54, 1.807) is 18.2 Å². The first kappa shape index (κ1) is 16.5. The quantitative estimate of drug-likeness (QED) is 0.791. The van der Waals surface area contributed by atoms with Gasteiger partial charge in [-0.05, 0) is 25.0 Å². The molecule has 6 nitrogen and oxygen atoms in total. The lowest BCUT2D eigenvalue weighted by Crippen LogP contribution is -2.38. The number of rotatable bonds is 7. The Kier molecular flexibility index (Phi) is 5.91. The maximum atomic E-state index is 12.0. The summed E-state index contributed by atoms with van der Waals surface area (Å²) in [4.78, 5) is 23.1. The summed E-state index contributed by atoms with van der Waals surface area (Å²) >= 11 is 0. The molecule has 0 radical (unpaired) electrons. The Balaban J connectivity index is 1.80. The molecule has 0 aromatic heterocycles. The van der Waals surface area contributed by atoms with Gasteiger partial charge in [-0.3, -0.25) is 4.79 Å². The zero-order chi connectivity index (χ0) is 15.9. The lowest BCUT2D eigenvalue weighted by Gasteiger charge is -2.17. The number of ether oxygens (including phenoxy) is 2. The summed E-state index contributed by atoms with van der Waals surface area (Å²) in [5, 5.41) is 11.9. The standard InChI is InChI=1S/C16H21NO5/c1-11(9-22-13-6-7-21-10-13)17-15(18)8-12-4-2-3-5-14(12)16(19)20/h2-5,11,13H,6-10H2,1H3,(H,17,18)(H,19,20). The third-order valence-electron chi connectivity index (χ3n) is 3.48. The number of carbonyl (C=O) groups excluding carboxylic acids is 1. The van der Waals surface area contributed by atoms with E-state index in [1.165, 1.54) is 6.07 Å². The van der Waals surface area contributed by atoms with Crippen LogP contribution >= 0.6 is 0 Å². The van der Waals surface area contributed by atoms with Crippen LogP contribution in [-0.4, -0.2) is 48.9 Å². The van der Waals surface area contributed by atoms with Gasteiger partial charge in [-0.25, -0.2) is 4.79 Å². The van der Waals surface area contributed by atoms with Crippen molar-refractivity contribution in [3.8, 4) is 0 Å². The second-order valence-corrected chi connectivity index (χ2v) is 5.43. The highest BCUT2D eigenvalue weighted by Crippen LogP contribution is 2.10. The van der Waals surface area contributed by atoms with Gasteiger partial charge in [0, 0.05) is 12.6 Å². The normalized spacial score (nSPS) is 18.9. The molecule has 1 saturated heterocycles. The topological polar surface area (TPSA) is 84.9 Å². The van der Waals surface area contributed by atoms with Gasteiger partial charge in [0.1, 0.15) is 0 Å². The van der Waals surface area contributed by atoms with E-state index < -0.39 is 5.97 Å². The van der Waals surface area contributed by atoms with E-state index in [0.717, 1.165) is 13.0 Å². The summed E-state index contributed by atoms with van der Waals surface area (Å²) in [6, 6.07) is 6.38. The number of amides is 1. The fourth-order valence-electron chi connectivity index (χ4n) is 2.35. The molecule has 1 aromatic carbocycles. The van der Waals surface area contributed by atoms with Crippen molar-refractivity contribution in [2.45, 2.75) is 31.9 Å². The molecule has 2 unspecified atom stereocenters. The highest BCUT2D eigenvalue weighted by Gasteiger charge is 2.18. The Morgan fingerprint density at radius 1 is 1.45 bits per heavy atom. The van der Waals surface area contributed by atoms with Gasteiger partial charge in [-0.2, -0.15) is 0 Å². The first-order chi connectivity index (χ1) is 10.6. The predicted molar refractivity (Wildman–Crippen MR) is 79.9 cm³/mol. The molecule has 1 aliphatic heterocycles. The fraction of sp³-hybridized carbons (Fsp3) is 0.500. The largest absolute Gasteiger partial charge is 0.478 e. The number of nitrogens with one attached hydrogen (secondary N) is 1. The maximum absolute atomic E-state index is 12.0. The van der Waals surface area contributed by atoms with Crippen LogP contribution in [0.3, 0.4) is 0 Å². The van der Waals surface area contributed by atoms with Gasteiger partial charge >= 0.3 is 5.97 Å². The van der Waals surface area contributed by atoms with Gasteiger partial charge in [-0.1, -0.05) is 18.2 Å². The van der Waals surface area contributed by atoms with E-state index in [9.17, 15) is 9.59 Å². The van der Waals surface area contributed by atoms with Gasteiger partial charge < -0.3 is 19.9 Å². The maximum Gasteiger partial charge on any atom is 0.335 e. The Morgan fingerprint density at radius 2 is 2.23 bits per heavy atom. The summed E-state index contributed by atoms with van der Waals surface area (Å²) in [5.74, 6) is -1.24. The Bertz CT molecular complexity index is 525. The van der Waals surface area contributed by atoms with Gasteiger partial charge in [0.2, 0.25) is 5.91 Å². The highest BCUT2D eigenvalue weighted by atomic mass is 16.5. The van der Waals surface area contributed by atoms with E-state index in [1.807, 2.05) is 6.92 Å². The van der Waals surface area contributed by atoms with Crippen LogP contribution in [0.15, 0.2) is 24.3 Å². The van der Waals surface area contributed by atoms with Crippen molar-refractivity contribution >= 4 is 11.9 Å². The minimum absolute atomic E-state index is 0.0410. The van der Waals surface area contributed by atoms with Crippen molar-refractivity contribution < 1.29 is 24.2 Å². The van der Waals surface area contributed by atoms with Gasteiger partial charge in [0.15, 0.2) is 0 Å². The van der Waals surface area contributed by atoms with Crippen molar-refractivity contribution in [2.24, 2.45) is 0 Å². The van der Waals surface area contributed by atoms with Crippen molar-refractivity contribution in [2.75, 3.05) is 19.8 Å². The molecule has 0 saturated carbocycles. The van der Waals surface area contributed by atoms with Crippen LogP contribution in [0.1, 0.15) is 29.3 Å². The Morgan fingerprint density at radius 3 is 2.91 bits per heavy atom. The van der Waals surface area contributed by atoms with E-state index in [2.05, 4.69) is 5.32 Å². The van der Waals surface area contributed by atoms with E-state index >= 15 is 0 Å². The second kappa shape index (κ2) is 7.91. The molecule has 1 aromatic rings. The number of carboxylic acid groups (broad SMARTS) is 1. The third-order valence-corrected chi connectivity index (χ3v) is 3.48. The van der Waals surface area contributed by atoms with Crippen molar-refractivity contribution in [1.82, 2.24) is 5.32 Å². The molecule has 22 heavy (non-hydrogen) atoms. The molecule has 2 N–H and O–H groups in total. The monoisotopic (exact) mass is 307 g/mol. The summed E-state index contributed by atoms with van der Waals surface area (Å²) in [6.45, 7) is 3.60. The van der Waals surface area contributed by atoms with E-state index in [0.29, 0.717) is 18.8 Å². The Hall–Kier alpha value is -1.92. The molecule has 120 valence electrons. The van der Waals surface area contributed by atoms with Gasteiger partial charge in [-0.15, -0.1) is 0 Å². The molecule has 6 heteroatoms. The average molecular weight is 307 g/mol. The van der Waals surface area contributed by atoms with Crippen molar-refractivity contribution in [3.05, 3.63) is 35.4 Å². The third kappa shape index (κ3) is 4.82. The molecule has 2 rings (SSSR count). The molecule has 0 spiro atoms. The van der Waals surface area contributed by atoms with Crippen LogP contribution < -0.4 is 5.32 Å². The number of aromatic carboxylic acids is 1. The second-order valence-electron chi connectivity index (χ2n) is 5.43. The smallest absolute Gasteiger partial charge is 0.335 e. The first-order valence-electron chi connectivity index (χ1n) is 7.36. The number of benzene rings is 1. The summed E-state index contributed by atoms with van der Waals surface area (Å²) in [7, 11) is 0. The molecule has 0 bridgehead atoms. The molecule has 1 aliphatic rings. The number of carbonyl (C=O) groups is 2. The van der Waals surface area contributed by atoms with Gasteiger partial charge in [0.05, 0.1) is 31.3 Å². The summed E-state index contributed by atoms with van der Waals surface area (Å²) in [5.41, 5.74) is 0.662. The lowest BCUT2D eigenvalue weighted by molar-refractivity contribution is -0.121. The minimum atomic E-state index is -1.03. The SMILES string of the molecule is CC(COC1CCOC1)NC(=O)Cc1ccccc1C(=O)O. The number of hydrogen-bond donors (Lipinski definition) is 2.